The van der Waals surface area contributed by atoms with Crippen LogP contribution in [-0.2, 0) is 47.4 Å². The van der Waals surface area contributed by atoms with E-state index in [1.54, 1.807) is 0 Å². The van der Waals surface area contributed by atoms with E-state index in [1.807, 2.05) is 0 Å². The minimum Gasteiger partial charge on any atom is -0.378 e. The Bertz CT molecular complexity index is 1490. The summed E-state index contributed by atoms with van der Waals surface area (Å²) in [5.74, 6) is -0.794. The highest BCUT2D eigenvalue weighted by Gasteiger charge is 2.47. The summed E-state index contributed by atoms with van der Waals surface area (Å²) in [7, 11) is -4.61. The summed E-state index contributed by atoms with van der Waals surface area (Å²) in [5, 5.41) is 6.51. The Kier molecular flexibility index (Phi) is 6.68. The zero-order valence-electron chi connectivity index (χ0n) is 20.6. The first-order valence-electron chi connectivity index (χ1n) is 12.1. The van der Waals surface area contributed by atoms with Crippen LogP contribution >= 0.6 is 0 Å². The zero-order valence-corrected chi connectivity index (χ0v) is 21.4. The molecule has 39 heavy (non-hydrogen) atoms. The Morgan fingerprint density at radius 2 is 1.79 bits per heavy atom. The zero-order chi connectivity index (χ0) is 28.2. The molecule has 0 saturated heterocycles. The third kappa shape index (κ3) is 5.23. The number of nitrogens with zero attached hydrogens (tertiary/aromatic N) is 4. The molecule has 1 aliphatic carbocycles. The van der Waals surface area contributed by atoms with Crippen molar-refractivity contribution in [3.05, 3.63) is 52.7 Å². The van der Waals surface area contributed by atoms with Crippen molar-refractivity contribution in [1.29, 1.82) is 0 Å². The molecule has 3 heterocycles. The summed E-state index contributed by atoms with van der Waals surface area (Å²) in [6.07, 6.45) is -6.77. The van der Waals surface area contributed by atoms with E-state index in [0.717, 1.165) is 10.6 Å². The average Bonchev–Trinajstić information content (AvgIpc) is 3.43. The predicted molar refractivity (Wildman–Crippen MR) is 124 cm³/mol. The number of benzene rings is 1. The first-order chi connectivity index (χ1) is 18.2. The highest BCUT2D eigenvalue weighted by molar-refractivity contribution is 7.89. The van der Waals surface area contributed by atoms with E-state index in [4.69, 9.17) is 4.52 Å². The van der Waals surface area contributed by atoms with Gasteiger partial charge in [-0.25, -0.2) is 13.4 Å². The molecule has 9 nitrogen and oxygen atoms in total. The number of hydrogen-bond donors (Lipinski definition) is 2. The summed E-state index contributed by atoms with van der Waals surface area (Å²) in [6.45, 7) is 1.33. The molecule has 0 spiro atoms. The van der Waals surface area contributed by atoms with Gasteiger partial charge in [-0.05, 0) is 56.7 Å². The smallest absolute Gasteiger partial charge is 0.378 e. The van der Waals surface area contributed by atoms with Crippen LogP contribution in [0.3, 0.4) is 0 Å². The monoisotopic (exact) mass is 578 g/mol. The van der Waals surface area contributed by atoms with Crippen molar-refractivity contribution in [2.24, 2.45) is 0 Å². The van der Waals surface area contributed by atoms with E-state index in [1.165, 1.54) is 6.92 Å². The highest BCUT2D eigenvalue weighted by atomic mass is 32.2. The van der Waals surface area contributed by atoms with Gasteiger partial charge in [0, 0.05) is 19.2 Å². The van der Waals surface area contributed by atoms with Crippen molar-refractivity contribution in [1.82, 2.24) is 24.4 Å². The molecule has 3 aromatic rings. The lowest BCUT2D eigenvalue weighted by molar-refractivity contribution is -0.147. The van der Waals surface area contributed by atoms with Crippen LogP contribution in [0.4, 0.5) is 32.0 Å². The topological polar surface area (TPSA) is 115 Å². The molecule has 1 aliphatic heterocycles. The number of fused-ring (bicyclic) bond motifs is 1. The van der Waals surface area contributed by atoms with Gasteiger partial charge in [0.05, 0.1) is 29.0 Å². The van der Waals surface area contributed by atoms with E-state index < -0.39 is 44.2 Å². The number of nitrogens with one attached hydrogen (secondary N) is 2. The molecular formula is C23H24F6N6O3S. The van der Waals surface area contributed by atoms with Crippen LogP contribution in [0.2, 0.25) is 0 Å². The molecule has 2 aromatic heterocycles. The molecule has 0 bridgehead atoms. The highest BCUT2D eigenvalue weighted by Crippen LogP contribution is 2.42. The number of anilines is 1. The molecule has 1 saturated carbocycles. The Hall–Kier alpha value is -3.14. The fourth-order valence-corrected chi connectivity index (χ4v) is 6.56. The molecule has 16 heteroatoms. The van der Waals surface area contributed by atoms with Crippen molar-refractivity contribution in [3.63, 3.8) is 0 Å². The lowest BCUT2D eigenvalue weighted by Gasteiger charge is -2.39. The van der Waals surface area contributed by atoms with Gasteiger partial charge in [-0.15, -0.1) is 0 Å². The van der Waals surface area contributed by atoms with Gasteiger partial charge < -0.3 is 14.4 Å². The van der Waals surface area contributed by atoms with E-state index in [9.17, 15) is 34.8 Å². The van der Waals surface area contributed by atoms with E-state index in [0.29, 0.717) is 56.4 Å². The molecular weight excluding hydrogens is 554 g/mol. The van der Waals surface area contributed by atoms with Crippen molar-refractivity contribution < 1.29 is 39.3 Å². The Morgan fingerprint density at radius 1 is 1.05 bits per heavy atom. The predicted octanol–water partition coefficient (Wildman–Crippen LogP) is 4.92. The fourth-order valence-electron chi connectivity index (χ4n) is 4.93. The number of imidazole rings is 1. The molecule has 0 atom stereocenters. The Labute approximate surface area is 219 Å². The summed E-state index contributed by atoms with van der Waals surface area (Å²) in [5.41, 5.74) is -2.27. The van der Waals surface area contributed by atoms with Gasteiger partial charge in [-0.3, -0.25) is 0 Å². The van der Waals surface area contributed by atoms with Crippen LogP contribution < -0.4 is 10.0 Å². The van der Waals surface area contributed by atoms with E-state index in [-0.39, 0.29) is 36.2 Å². The normalized spacial score (nSPS) is 17.5. The SMILES string of the molecule is Cc1nc(C2(NS(=O)(=O)c3cc(C(F)(F)F)ccc3NCc3nc(C(F)(F)F)n4c3CCCC4)CCC2)no1. The molecule has 212 valence electrons. The fraction of sp³-hybridized carbons (Fsp3) is 0.522. The molecule has 1 fully saturated rings. The first-order valence-corrected chi connectivity index (χ1v) is 13.6. The maximum atomic E-state index is 13.6. The number of aromatic nitrogens is 4. The van der Waals surface area contributed by atoms with Gasteiger partial charge in [0.2, 0.25) is 21.7 Å². The lowest BCUT2D eigenvalue weighted by Crippen LogP contribution is -2.51. The standard InChI is InChI=1S/C23H24F6N6O3S/c1-13-31-19(33-38-13)21(8-4-9-21)34-39(36,37)18-11-14(22(24,25)26)6-7-15(18)30-12-16-17-5-2-3-10-35(17)20(32-16)23(27,28)29/h6-7,11,30,34H,2-5,8-10,12H2,1H3. The summed E-state index contributed by atoms with van der Waals surface area (Å²) in [6, 6.07) is 2.13. The minimum atomic E-state index is -4.84. The van der Waals surface area contributed by atoms with Gasteiger partial charge in [0.15, 0.2) is 5.82 Å². The Balaban J connectivity index is 1.50. The van der Waals surface area contributed by atoms with Crippen molar-refractivity contribution in [2.75, 3.05) is 5.32 Å². The van der Waals surface area contributed by atoms with Gasteiger partial charge >= 0.3 is 12.4 Å². The summed E-state index contributed by atoms with van der Waals surface area (Å²) < 4.78 is 117. The second-order valence-corrected chi connectivity index (χ2v) is 11.3. The Morgan fingerprint density at radius 3 is 2.38 bits per heavy atom. The third-order valence-corrected chi connectivity index (χ3v) is 8.57. The molecule has 1 aromatic carbocycles. The second kappa shape index (κ2) is 9.50. The number of hydrogen-bond acceptors (Lipinski definition) is 7. The average molecular weight is 579 g/mol. The quantitative estimate of drug-likeness (QED) is 0.383. The van der Waals surface area contributed by atoms with Gasteiger partial charge in [0.25, 0.3) is 0 Å². The molecule has 5 rings (SSSR count). The summed E-state index contributed by atoms with van der Waals surface area (Å²) >= 11 is 0. The van der Waals surface area contributed by atoms with Crippen LogP contribution in [0, 0.1) is 6.92 Å². The summed E-state index contributed by atoms with van der Waals surface area (Å²) in [4.78, 5) is 7.14. The number of aryl methyl sites for hydroxylation is 1. The third-order valence-electron chi connectivity index (χ3n) is 6.99. The molecule has 0 unspecified atom stereocenters. The van der Waals surface area contributed by atoms with Crippen LogP contribution in [0.25, 0.3) is 0 Å². The van der Waals surface area contributed by atoms with Crippen molar-refractivity contribution >= 4 is 15.7 Å². The molecule has 0 amide bonds. The van der Waals surface area contributed by atoms with Crippen molar-refractivity contribution in [2.45, 2.75) is 81.3 Å². The second-order valence-electron chi connectivity index (χ2n) is 9.68. The maximum absolute atomic E-state index is 13.6. The van der Waals surface area contributed by atoms with Crippen LogP contribution in [-0.4, -0.2) is 28.1 Å². The number of rotatable bonds is 7. The maximum Gasteiger partial charge on any atom is 0.449 e. The molecule has 2 N–H and O–H groups in total. The number of alkyl halides is 6. The number of sulfonamides is 1. The van der Waals surface area contributed by atoms with Gasteiger partial charge in [0.1, 0.15) is 4.90 Å². The first kappa shape index (κ1) is 27.4. The minimum absolute atomic E-state index is 0.0518. The molecule has 0 radical (unpaired) electrons. The van der Waals surface area contributed by atoms with Crippen LogP contribution in [0.5, 0.6) is 0 Å². The number of halogens is 6. The van der Waals surface area contributed by atoms with E-state index in [2.05, 4.69) is 25.2 Å². The van der Waals surface area contributed by atoms with Gasteiger partial charge in [-0.2, -0.15) is 36.0 Å². The van der Waals surface area contributed by atoms with E-state index >= 15 is 0 Å². The lowest BCUT2D eigenvalue weighted by atomic mass is 9.77. The van der Waals surface area contributed by atoms with Crippen LogP contribution in [0.1, 0.15) is 66.6 Å². The van der Waals surface area contributed by atoms with Gasteiger partial charge in [-0.1, -0.05) is 5.16 Å². The molecule has 2 aliphatic rings. The van der Waals surface area contributed by atoms with Crippen molar-refractivity contribution in [3.8, 4) is 0 Å². The van der Waals surface area contributed by atoms with Crippen LogP contribution in [0.15, 0.2) is 27.6 Å². The largest absolute Gasteiger partial charge is 0.449 e.